The van der Waals surface area contributed by atoms with E-state index in [1.54, 1.807) is 36.7 Å². The van der Waals surface area contributed by atoms with Crippen molar-refractivity contribution in [3.8, 4) is 34.7 Å². The molecule has 45 heavy (non-hydrogen) atoms. The van der Waals surface area contributed by atoms with E-state index in [9.17, 15) is 5.26 Å². The van der Waals surface area contributed by atoms with E-state index in [-0.39, 0.29) is 0 Å². The lowest BCUT2D eigenvalue weighted by atomic mass is 9.91. The third-order valence-corrected chi connectivity index (χ3v) is 7.51. The zero-order valence-electron chi connectivity index (χ0n) is 25.0. The van der Waals surface area contributed by atoms with Gasteiger partial charge in [0.05, 0.1) is 17.3 Å². The number of aromatic nitrogens is 2. The Balaban J connectivity index is 0.000000229. The van der Waals surface area contributed by atoms with E-state index in [1.165, 1.54) is 38.5 Å². The molecule has 4 N–H and O–H groups in total. The summed E-state index contributed by atoms with van der Waals surface area (Å²) in [4.78, 5) is 8.93. The molecule has 0 fully saturated rings. The number of hydrogen-bond acceptors (Lipinski definition) is 6. The molecule has 218 valence electrons. The lowest BCUT2D eigenvalue weighted by Gasteiger charge is -2.13. The zero-order chi connectivity index (χ0) is 31.6. The van der Waals surface area contributed by atoms with Crippen molar-refractivity contribution in [2.24, 2.45) is 11.5 Å². The van der Waals surface area contributed by atoms with Crippen LogP contribution in [0.2, 0.25) is 0 Å². The topological polar surface area (TPSA) is 125 Å². The molecule has 6 aromatic rings. The van der Waals surface area contributed by atoms with Gasteiger partial charge >= 0.3 is 0 Å². The Morgan fingerprint density at radius 2 is 1.53 bits per heavy atom. The van der Waals surface area contributed by atoms with Gasteiger partial charge in [0.25, 0.3) is 0 Å². The summed E-state index contributed by atoms with van der Waals surface area (Å²) in [5, 5.41) is 25.7. The molecule has 4 aromatic carbocycles. The van der Waals surface area contributed by atoms with E-state index < -0.39 is 0 Å². The molecule has 6 nitrogen and oxygen atoms in total. The van der Waals surface area contributed by atoms with Crippen LogP contribution < -0.4 is 11.5 Å². The van der Waals surface area contributed by atoms with Gasteiger partial charge in [0, 0.05) is 23.5 Å². The summed E-state index contributed by atoms with van der Waals surface area (Å²) in [5.41, 5.74) is 16.2. The summed E-state index contributed by atoms with van der Waals surface area (Å²) in [6.07, 6.45) is 15.4. The highest BCUT2D eigenvalue weighted by Crippen LogP contribution is 2.37. The van der Waals surface area contributed by atoms with Gasteiger partial charge in [-0.2, -0.15) is 10.5 Å². The Kier molecular flexibility index (Phi) is 9.60. The van der Waals surface area contributed by atoms with E-state index >= 15 is 0 Å². The van der Waals surface area contributed by atoms with Gasteiger partial charge in [-0.15, -0.1) is 0 Å². The summed E-state index contributed by atoms with van der Waals surface area (Å²) >= 11 is 0. The molecule has 0 saturated carbocycles. The maximum absolute atomic E-state index is 9.33. The number of hydrogen-bond donors (Lipinski definition) is 2. The second kappa shape index (κ2) is 14.3. The molecular weight excluding hydrogens is 552 g/mol. The van der Waals surface area contributed by atoms with Crippen molar-refractivity contribution < 1.29 is 0 Å². The van der Waals surface area contributed by atoms with Gasteiger partial charge < -0.3 is 11.5 Å². The van der Waals surface area contributed by atoms with Crippen molar-refractivity contribution in [3.63, 3.8) is 0 Å². The standard InChI is InChI=1S/C27H15N3.C12H17N3/c28-15-21-5-2-12-29-27(21)24-11-10-22(16-30-24)23-13-19-8-6-17-3-1-4-18-7-9-20(14-23)26(19)25(17)18;1-11(9-14)5-2-3-6-12(10-15)7-4-8-13/h1-14,16H;2,4-5,7-9H,3,6,13-14H2,1H3/b;5-2-,8-4-,11-9-,12-7+. The summed E-state index contributed by atoms with van der Waals surface area (Å²) in [5.74, 6) is 0. The molecule has 0 aliphatic heterocycles. The molecule has 0 spiro atoms. The van der Waals surface area contributed by atoms with Crippen LogP contribution in [0.5, 0.6) is 0 Å². The fourth-order valence-electron chi connectivity index (χ4n) is 5.24. The number of nitrogens with zero attached hydrogens (tertiary/aromatic N) is 4. The molecule has 0 aliphatic rings. The summed E-state index contributed by atoms with van der Waals surface area (Å²) in [7, 11) is 0. The Morgan fingerprint density at radius 1 is 0.822 bits per heavy atom. The van der Waals surface area contributed by atoms with Crippen LogP contribution in [0.3, 0.4) is 0 Å². The highest BCUT2D eigenvalue weighted by molar-refractivity contribution is 6.23. The van der Waals surface area contributed by atoms with E-state index in [2.05, 4.69) is 76.7 Å². The van der Waals surface area contributed by atoms with Gasteiger partial charge in [-0.05, 0) is 118 Å². The minimum atomic E-state index is 0.528. The third kappa shape index (κ3) is 6.88. The maximum atomic E-state index is 9.33. The van der Waals surface area contributed by atoms with Crippen LogP contribution in [0.1, 0.15) is 25.3 Å². The van der Waals surface area contributed by atoms with Gasteiger partial charge in [-0.1, -0.05) is 60.7 Å². The molecule has 0 amide bonds. The minimum Gasteiger partial charge on any atom is -0.405 e. The van der Waals surface area contributed by atoms with Crippen LogP contribution in [0.4, 0.5) is 0 Å². The van der Waals surface area contributed by atoms with Crippen LogP contribution in [-0.4, -0.2) is 9.97 Å². The lowest BCUT2D eigenvalue weighted by molar-refractivity contribution is 1.01. The first-order chi connectivity index (χ1) is 22.1. The summed E-state index contributed by atoms with van der Waals surface area (Å²) in [6.45, 7) is 1.93. The van der Waals surface area contributed by atoms with Crippen molar-refractivity contribution in [2.75, 3.05) is 0 Å². The minimum absolute atomic E-state index is 0.528. The van der Waals surface area contributed by atoms with Gasteiger partial charge in [0.1, 0.15) is 11.8 Å². The SMILES string of the molecule is CC(/C=C\CC/C(C#N)=C\C=C/N)=C/N.N#Cc1cccnc1-c1ccc(-c2cc3ccc4cccc5ccc(c2)c3c45)cn1. The molecule has 0 radical (unpaired) electrons. The van der Waals surface area contributed by atoms with Gasteiger partial charge in [-0.3, -0.25) is 9.97 Å². The number of nitrogens with two attached hydrogens (primary N) is 2. The average Bonchev–Trinajstić information content (AvgIpc) is 3.10. The number of nitriles is 2. The Hall–Kier alpha value is -6.24. The van der Waals surface area contributed by atoms with Crippen molar-refractivity contribution >= 4 is 32.3 Å². The Bertz CT molecular complexity index is 2090. The van der Waals surface area contributed by atoms with Crippen molar-refractivity contribution in [2.45, 2.75) is 19.8 Å². The molecule has 0 bridgehead atoms. The van der Waals surface area contributed by atoms with Crippen molar-refractivity contribution in [1.82, 2.24) is 9.97 Å². The molecule has 2 aromatic heterocycles. The highest BCUT2D eigenvalue weighted by Gasteiger charge is 2.11. The molecule has 0 aliphatic carbocycles. The van der Waals surface area contributed by atoms with Gasteiger partial charge in [-0.25, -0.2) is 0 Å². The fourth-order valence-corrected chi connectivity index (χ4v) is 5.24. The van der Waals surface area contributed by atoms with Gasteiger partial charge in [0.15, 0.2) is 0 Å². The maximum Gasteiger partial charge on any atom is 0.106 e. The molecule has 2 heterocycles. The van der Waals surface area contributed by atoms with Crippen molar-refractivity contribution in [1.29, 1.82) is 10.5 Å². The molecule has 0 atom stereocenters. The first-order valence-electron chi connectivity index (χ1n) is 14.6. The first-order valence-corrected chi connectivity index (χ1v) is 14.6. The molecular formula is C39H32N6. The predicted molar refractivity (Wildman–Crippen MR) is 185 cm³/mol. The van der Waals surface area contributed by atoms with E-state index in [4.69, 9.17) is 16.7 Å². The predicted octanol–water partition coefficient (Wildman–Crippen LogP) is 8.69. The number of rotatable bonds is 7. The van der Waals surface area contributed by atoms with E-state index in [0.29, 0.717) is 17.0 Å². The molecule has 0 saturated heterocycles. The van der Waals surface area contributed by atoms with Gasteiger partial charge in [0.2, 0.25) is 0 Å². The van der Waals surface area contributed by atoms with E-state index in [0.717, 1.165) is 35.1 Å². The fraction of sp³-hybridized carbons (Fsp3) is 0.0769. The van der Waals surface area contributed by atoms with E-state index in [1.807, 2.05) is 37.4 Å². The van der Waals surface area contributed by atoms with Crippen LogP contribution >= 0.6 is 0 Å². The van der Waals surface area contributed by atoms with Crippen LogP contribution in [-0.2, 0) is 0 Å². The zero-order valence-corrected chi connectivity index (χ0v) is 25.0. The normalized spacial score (nSPS) is 12.1. The van der Waals surface area contributed by atoms with Crippen LogP contribution in [0, 0.1) is 22.7 Å². The quantitative estimate of drug-likeness (QED) is 0.110. The number of pyridine rings is 2. The first kappa shape index (κ1) is 30.2. The second-order valence-corrected chi connectivity index (χ2v) is 10.5. The molecule has 0 unspecified atom stereocenters. The highest BCUT2D eigenvalue weighted by atomic mass is 14.8. The smallest absolute Gasteiger partial charge is 0.106 e. The number of allylic oxidation sites excluding steroid dienone is 6. The molecule has 6 heteroatoms. The largest absolute Gasteiger partial charge is 0.405 e. The monoisotopic (exact) mass is 584 g/mol. The number of benzene rings is 4. The average molecular weight is 585 g/mol. The Morgan fingerprint density at radius 3 is 2.16 bits per heavy atom. The van der Waals surface area contributed by atoms with Crippen molar-refractivity contribution in [3.05, 3.63) is 145 Å². The summed E-state index contributed by atoms with van der Waals surface area (Å²) < 4.78 is 0. The second-order valence-electron chi connectivity index (χ2n) is 10.5. The van der Waals surface area contributed by atoms with Crippen LogP contribution in [0.15, 0.2) is 139 Å². The lowest BCUT2D eigenvalue weighted by Crippen LogP contribution is -1.92. The van der Waals surface area contributed by atoms with Crippen LogP contribution in [0.25, 0.3) is 54.8 Å². The molecule has 6 rings (SSSR count). The summed E-state index contributed by atoms with van der Waals surface area (Å²) in [6, 6.07) is 31.5. The third-order valence-electron chi connectivity index (χ3n) is 7.51. The Labute approximate surface area is 262 Å².